The number of thiophene rings is 1. The van der Waals surface area contributed by atoms with Gasteiger partial charge in [-0.1, -0.05) is 40.7 Å². The number of halogens is 1. The van der Waals surface area contributed by atoms with Crippen LogP contribution in [0.3, 0.4) is 0 Å². The van der Waals surface area contributed by atoms with Crippen molar-refractivity contribution in [3.8, 4) is 0 Å². The third kappa shape index (κ3) is 5.82. The summed E-state index contributed by atoms with van der Waals surface area (Å²) in [6.45, 7) is 13.8. The Bertz CT molecular complexity index is 507. The fraction of sp³-hybridized carbons (Fsp3) is 0.700. The predicted octanol–water partition coefficient (Wildman–Crippen LogP) is 8.27. The van der Waals surface area contributed by atoms with E-state index in [1.807, 2.05) is 11.3 Å². The zero-order valence-corrected chi connectivity index (χ0v) is 19.8. The zero-order valence-electron chi connectivity index (χ0n) is 16.4. The second-order valence-electron chi connectivity index (χ2n) is 6.77. The van der Waals surface area contributed by atoms with Crippen LogP contribution in [-0.4, -0.2) is 13.9 Å². The highest BCUT2D eigenvalue weighted by molar-refractivity contribution is 9.11. The number of hydrogen-bond acceptors (Lipinski definition) is 2. The molecule has 1 heterocycles. The molecular weight excluding hydrogens is 396 g/mol. The van der Waals surface area contributed by atoms with Crippen molar-refractivity contribution in [2.75, 3.05) is 0 Å². The molecule has 0 saturated heterocycles. The fourth-order valence-electron chi connectivity index (χ4n) is 3.40. The Kier molecular flexibility index (Phi) is 9.50. The smallest absolute Gasteiger partial charge is 0.192 e. The molecule has 1 aromatic heterocycles. The van der Waals surface area contributed by atoms with Gasteiger partial charge in [0.25, 0.3) is 0 Å². The molecule has 0 fully saturated rings. The maximum Gasteiger partial charge on any atom is 0.192 e. The van der Waals surface area contributed by atoms with Gasteiger partial charge < -0.3 is 4.43 Å². The van der Waals surface area contributed by atoms with Gasteiger partial charge in [0, 0.05) is 4.88 Å². The van der Waals surface area contributed by atoms with Crippen LogP contribution in [0.25, 0.3) is 5.57 Å². The van der Waals surface area contributed by atoms with E-state index in [0.717, 1.165) is 25.7 Å². The van der Waals surface area contributed by atoms with E-state index in [-0.39, 0.29) is 5.60 Å². The summed E-state index contributed by atoms with van der Waals surface area (Å²) in [5.41, 5.74) is 1.46. The molecule has 138 valence electrons. The summed E-state index contributed by atoms with van der Waals surface area (Å²) in [7, 11) is -1.56. The molecule has 1 rings (SSSR count). The second-order valence-corrected chi connectivity index (χ2v) is 13.9. The second kappa shape index (κ2) is 10.3. The lowest BCUT2D eigenvalue weighted by Crippen LogP contribution is -2.46. The maximum absolute atomic E-state index is 6.97. The van der Waals surface area contributed by atoms with Gasteiger partial charge in [0.15, 0.2) is 8.32 Å². The third-order valence-corrected chi connectivity index (χ3v) is 12.2. The molecule has 0 aliphatic rings. The quantitative estimate of drug-likeness (QED) is 0.320. The average molecular weight is 432 g/mol. The summed E-state index contributed by atoms with van der Waals surface area (Å²) in [5.74, 6) is 0. The largest absolute Gasteiger partial charge is 0.411 e. The zero-order chi connectivity index (χ0) is 18.2. The van der Waals surface area contributed by atoms with Crippen LogP contribution in [-0.2, 0) is 4.43 Å². The van der Waals surface area contributed by atoms with Crippen LogP contribution in [0.1, 0.15) is 72.1 Å². The van der Waals surface area contributed by atoms with Gasteiger partial charge in [-0.25, -0.2) is 0 Å². The monoisotopic (exact) mass is 430 g/mol. The minimum atomic E-state index is -1.56. The van der Waals surface area contributed by atoms with Crippen molar-refractivity contribution in [3.05, 3.63) is 26.9 Å². The van der Waals surface area contributed by atoms with Gasteiger partial charge in [-0.15, -0.1) is 11.3 Å². The lowest BCUT2D eigenvalue weighted by Gasteiger charge is -2.42. The molecule has 0 aliphatic heterocycles. The normalized spacial score (nSPS) is 13.5. The minimum Gasteiger partial charge on any atom is -0.411 e. The molecule has 0 amide bonds. The van der Waals surface area contributed by atoms with Crippen molar-refractivity contribution < 1.29 is 4.43 Å². The predicted molar refractivity (Wildman–Crippen MR) is 116 cm³/mol. The van der Waals surface area contributed by atoms with Crippen molar-refractivity contribution >= 4 is 41.2 Å². The van der Waals surface area contributed by atoms with Gasteiger partial charge in [-0.05, 0) is 84.4 Å². The minimum absolute atomic E-state index is 0.0705. The molecule has 24 heavy (non-hydrogen) atoms. The Morgan fingerprint density at radius 1 is 1.12 bits per heavy atom. The summed E-state index contributed by atoms with van der Waals surface area (Å²) in [6.07, 6.45) is 6.88. The first-order chi connectivity index (χ1) is 11.4. The van der Waals surface area contributed by atoms with Gasteiger partial charge in [-0.3, -0.25) is 0 Å². The van der Waals surface area contributed by atoms with Crippen LogP contribution in [0.5, 0.6) is 0 Å². The van der Waals surface area contributed by atoms with Crippen molar-refractivity contribution in [1.82, 2.24) is 0 Å². The SMILES string of the molecule is CCC(CC)(CC/C=C(/C)c1ccc(Br)s1)O[Si](CC)(CC)CC. The first kappa shape index (κ1) is 22.1. The van der Waals surface area contributed by atoms with E-state index >= 15 is 0 Å². The van der Waals surface area contributed by atoms with E-state index in [1.165, 1.54) is 32.4 Å². The third-order valence-electron chi connectivity index (χ3n) is 5.67. The van der Waals surface area contributed by atoms with Crippen LogP contribution in [0.2, 0.25) is 18.1 Å². The van der Waals surface area contributed by atoms with Crippen LogP contribution < -0.4 is 0 Å². The molecule has 0 bridgehead atoms. The number of hydrogen-bond donors (Lipinski definition) is 0. The van der Waals surface area contributed by atoms with Crippen molar-refractivity contribution in [1.29, 1.82) is 0 Å². The lowest BCUT2D eigenvalue weighted by atomic mass is 9.91. The van der Waals surface area contributed by atoms with Gasteiger partial charge in [-0.2, -0.15) is 0 Å². The summed E-state index contributed by atoms with van der Waals surface area (Å²) in [6, 6.07) is 8.04. The van der Waals surface area contributed by atoms with Crippen molar-refractivity contribution in [2.45, 2.75) is 91.0 Å². The number of rotatable bonds is 11. The summed E-state index contributed by atoms with van der Waals surface area (Å²) in [4.78, 5) is 1.36. The maximum atomic E-state index is 6.97. The van der Waals surface area contributed by atoms with Crippen LogP contribution in [0.15, 0.2) is 22.0 Å². The highest BCUT2D eigenvalue weighted by atomic mass is 79.9. The van der Waals surface area contributed by atoms with Crippen molar-refractivity contribution in [3.63, 3.8) is 0 Å². The Hall–Kier alpha value is 0.0969. The Balaban J connectivity index is 2.81. The van der Waals surface area contributed by atoms with Crippen LogP contribution in [0.4, 0.5) is 0 Å². The molecule has 0 spiro atoms. The Labute approximate surface area is 163 Å². The lowest BCUT2D eigenvalue weighted by molar-refractivity contribution is 0.0397. The molecule has 1 aromatic rings. The molecule has 1 nitrogen and oxygen atoms in total. The topological polar surface area (TPSA) is 9.23 Å². The van der Waals surface area contributed by atoms with Crippen LogP contribution in [0, 0.1) is 0 Å². The summed E-state index contributed by atoms with van der Waals surface area (Å²) in [5, 5.41) is 0. The molecule has 4 heteroatoms. The molecule has 0 saturated carbocycles. The van der Waals surface area contributed by atoms with E-state index in [4.69, 9.17) is 4.43 Å². The van der Waals surface area contributed by atoms with E-state index in [1.54, 1.807) is 0 Å². The van der Waals surface area contributed by atoms with E-state index < -0.39 is 8.32 Å². The van der Waals surface area contributed by atoms with Gasteiger partial charge in [0.1, 0.15) is 0 Å². The van der Waals surface area contributed by atoms with Crippen LogP contribution >= 0.6 is 27.3 Å². The molecular formula is C20H35BrOSSi. The molecule has 0 aliphatic carbocycles. The Morgan fingerprint density at radius 3 is 2.12 bits per heavy atom. The molecule has 0 atom stereocenters. The average Bonchev–Trinajstić information content (AvgIpc) is 3.05. The van der Waals surface area contributed by atoms with Crippen molar-refractivity contribution in [2.24, 2.45) is 0 Å². The first-order valence-electron chi connectivity index (χ1n) is 9.52. The molecule has 0 radical (unpaired) electrons. The standard InChI is InChI=1S/C20H35BrOSSi/c1-7-20(8-2,22-24(9-3,10-4)11-5)16-12-13-17(6)18-14-15-19(21)23-18/h13-15H,7-12,16H2,1-6H3/b17-13-. The molecule has 0 N–H and O–H groups in total. The highest BCUT2D eigenvalue weighted by Crippen LogP contribution is 2.36. The molecule has 0 unspecified atom stereocenters. The van der Waals surface area contributed by atoms with Gasteiger partial charge in [0.2, 0.25) is 0 Å². The number of allylic oxidation sites excluding steroid dienone is 2. The van der Waals surface area contributed by atoms with E-state index in [0.29, 0.717) is 0 Å². The van der Waals surface area contributed by atoms with Gasteiger partial charge in [0.05, 0.1) is 9.39 Å². The summed E-state index contributed by atoms with van der Waals surface area (Å²) < 4.78 is 8.17. The van der Waals surface area contributed by atoms with E-state index in [9.17, 15) is 0 Å². The molecule has 0 aromatic carbocycles. The first-order valence-corrected chi connectivity index (χ1v) is 13.7. The summed E-state index contributed by atoms with van der Waals surface area (Å²) >= 11 is 5.37. The highest BCUT2D eigenvalue weighted by Gasteiger charge is 2.38. The fourth-order valence-corrected chi connectivity index (χ4v) is 8.03. The van der Waals surface area contributed by atoms with E-state index in [2.05, 4.69) is 75.7 Å². The van der Waals surface area contributed by atoms with Gasteiger partial charge >= 0.3 is 0 Å². The Morgan fingerprint density at radius 2 is 1.71 bits per heavy atom.